The average molecular weight is 294 g/mol. The Balaban J connectivity index is 1.95. The molecule has 4 nitrogen and oxygen atoms in total. The molecule has 0 aromatic heterocycles. The first-order valence-electron chi connectivity index (χ1n) is 7.35. The summed E-state index contributed by atoms with van der Waals surface area (Å²) in [5, 5.41) is 8.96. The van der Waals surface area contributed by atoms with Crippen LogP contribution in [-0.4, -0.2) is 54.6 Å². The molecule has 1 aromatic rings. The normalized spacial score (nSPS) is 17.3. The maximum atomic E-state index is 14.1. The smallest absolute Gasteiger partial charge is 0.338 e. The van der Waals surface area contributed by atoms with Crippen LogP contribution in [0.2, 0.25) is 0 Å². The van der Waals surface area contributed by atoms with Crippen LogP contribution in [-0.2, 0) is 6.54 Å². The van der Waals surface area contributed by atoms with Gasteiger partial charge in [-0.15, -0.1) is 0 Å². The molecule has 0 spiro atoms. The molecular weight excluding hydrogens is 271 g/mol. The number of piperidine rings is 1. The van der Waals surface area contributed by atoms with Gasteiger partial charge in [-0.2, -0.15) is 0 Å². The molecule has 0 unspecified atom stereocenters. The fraction of sp³-hybridized carbons (Fsp3) is 0.562. The number of carboxylic acid groups (broad SMARTS) is 1. The lowest BCUT2D eigenvalue weighted by Gasteiger charge is -2.33. The van der Waals surface area contributed by atoms with Crippen molar-refractivity contribution >= 4 is 5.97 Å². The van der Waals surface area contributed by atoms with Crippen LogP contribution in [0.25, 0.3) is 0 Å². The summed E-state index contributed by atoms with van der Waals surface area (Å²) in [6, 6.07) is 4.60. The zero-order chi connectivity index (χ0) is 15.4. The Bertz CT molecular complexity index is 497. The van der Waals surface area contributed by atoms with E-state index in [1.165, 1.54) is 6.07 Å². The molecule has 0 bridgehead atoms. The molecule has 2 rings (SSSR count). The number of aromatic carboxylic acids is 1. The van der Waals surface area contributed by atoms with Crippen molar-refractivity contribution in [3.8, 4) is 0 Å². The van der Waals surface area contributed by atoms with E-state index in [-0.39, 0.29) is 5.56 Å². The topological polar surface area (TPSA) is 43.8 Å². The van der Waals surface area contributed by atoms with Crippen LogP contribution in [0.15, 0.2) is 18.2 Å². The second-order valence-corrected chi connectivity index (χ2v) is 6.07. The fourth-order valence-corrected chi connectivity index (χ4v) is 2.95. The zero-order valence-corrected chi connectivity index (χ0v) is 12.7. The summed E-state index contributed by atoms with van der Waals surface area (Å²) in [4.78, 5) is 15.4. The summed E-state index contributed by atoms with van der Waals surface area (Å²) in [7, 11) is 4.16. The van der Waals surface area contributed by atoms with E-state index < -0.39 is 11.8 Å². The highest BCUT2D eigenvalue weighted by Crippen LogP contribution is 2.21. The van der Waals surface area contributed by atoms with Crippen LogP contribution < -0.4 is 0 Å². The van der Waals surface area contributed by atoms with Crippen LogP contribution in [0.3, 0.4) is 0 Å². The van der Waals surface area contributed by atoms with Crippen molar-refractivity contribution in [3.63, 3.8) is 0 Å². The van der Waals surface area contributed by atoms with Gasteiger partial charge in [0, 0.05) is 18.7 Å². The lowest BCUT2D eigenvalue weighted by molar-refractivity contribution is 0.0691. The third-order valence-electron chi connectivity index (χ3n) is 4.03. The third kappa shape index (κ3) is 4.25. The number of hydrogen-bond acceptors (Lipinski definition) is 3. The van der Waals surface area contributed by atoms with Crippen molar-refractivity contribution in [1.29, 1.82) is 0 Å². The Kier molecular flexibility index (Phi) is 5.31. The summed E-state index contributed by atoms with van der Waals surface area (Å²) in [5.41, 5.74) is 0.232. The van der Waals surface area contributed by atoms with Gasteiger partial charge in [0.1, 0.15) is 5.82 Å². The largest absolute Gasteiger partial charge is 0.478 e. The zero-order valence-electron chi connectivity index (χ0n) is 12.7. The van der Waals surface area contributed by atoms with Crippen molar-refractivity contribution < 1.29 is 14.3 Å². The van der Waals surface area contributed by atoms with E-state index >= 15 is 0 Å². The van der Waals surface area contributed by atoms with Crippen molar-refractivity contribution in [2.75, 3.05) is 33.7 Å². The Morgan fingerprint density at radius 2 is 2.05 bits per heavy atom. The van der Waals surface area contributed by atoms with Crippen LogP contribution in [0, 0.1) is 11.7 Å². The highest BCUT2D eigenvalue weighted by molar-refractivity contribution is 5.88. The predicted molar refractivity (Wildman–Crippen MR) is 79.9 cm³/mol. The second-order valence-electron chi connectivity index (χ2n) is 6.07. The molecule has 0 atom stereocenters. The number of hydrogen-bond donors (Lipinski definition) is 1. The Morgan fingerprint density at radius 3 is 2.62 bits per heavy atom. The van der Waals surface area contributed by atoms with E-state index in [9.17, 15) is 9.18 Å². The first-order chi connectivity index (χ1) is 9.97. The summed E-state index contributed by atoms with van der Waals surface area (Å²) < 4.78 is 14.1. The summed E-state index contributed by atoms with van der Waals surface area (Å²) in [6.45, 7) is 3.46. The minimum atomic E-state index is -1.21. The number of halogens is 1. The average Bonchev–Trinajstić information content (AvgIpc) is 2.42. The monoisotopic (exact) mass is 294 g/mol. The molecule has 1 fully saturated rings. The van der Waals surface area contributed by atoms with Crippen LogP contribution in [0.5, 0.6) is 0 Å². The van der Waals surface area contributed by atoms with E-state index in [1.54, 1.807) is 12.1 Å². The van der Waals surface area contributed by atoms with Gasteiger partial charge in [-0.05, 0) is 52.0 Å². The molecule has 5 heteroatoms. The number of carbonyl (C=O) groups is 1. The van der Waals surface area contributed by atoms with E-state index in [1.807, 2.05) is 0 Å². The van der Waals surface area contributed by atoms with Gasteiger partial charge in [-0.1, -0.05) is 12.1 Å². The standard InChI is InChI=1S/C16H23FN2O2/c1-18(2)10-12-6-8-19(9-7-12)11-13-4-3-5-14(15(13)17)16(20)21/h3-5,12H,6-11H2,1-2H3,(H,20,21). The molecule has 0 amide bonds. The molecule has 0 saturated carbocycles. The number of rotatable bonds is 5. The van der Waals surface area contributed by atoms with Crippen LogP contribution in [0.1, 0.15) is 28.8 Å². The Labute approximate surface area is 125 Å². The molecular formula is C16H23FN2O2. The molecule has 1 aliphatic heterocycles. The molecule has 0 aliphatic carbocycles. The minimum absolute atomic E-state index is 0.241. The van der Waals surface area contributed by atoms with Gasteiger partial charge in [0.2, 0.25) is 0 Å². The van der Waals surface area contributed by atoms with Gasteiger partial charge in [0.05, 0.1) is 5.56 Å². The number of benzene rings is 1. The molecule has 1 N–H and O–H groups in total. The second kappa shape index (κ2) is 7.00. The van der Waals surface area contributed by atoms with E-state index in [0.29, 0.717) is 18.0 Å². The van der Waals surface area contributed by atoms with Gasteiger partial charge in [-0.3, -0.25) is 4.90 Å². The van der Waals surface area contributed by atoms with Gasteiger partial charge < -0.3 is 10.0 Å². The number of carboxylic acids is 1. The molecule has 1 heterocycles. The van der Waals surface area contributed by atoms with E-state index in [4.69, 9.17) is 5.11 Å². The molecule has 1 saturated heterocycles. The molecule has 116 valence electrons. The van der Waals surface area contributed by atoms with Crippen molar-refractivity contribution in [2.24, 2.45) is 5.92 Å². The number of nitrogens with zero attached hydrogens (tertiary/aromatic N) is 2. The maximum absolute atomic E-state index is 14.1. The summed E-state index contributed by atoms with van der Waals surface area (Å²) in [5.74, 6) is -1.11. The SMILES string of the molecule is CN(C)CC1CCN(Cc2cccc(C(=O)O)c2F)CC1. The van der Waals surface area contributed by atoms with E-state index in [2.05, 4.69) is 23.9 Å². The summed E-state index contributed by atoms with van der Waals surface area (Å²) >= 11 is 0. The highest BCUT2D eigenvalue weighted by Gasteiger charge is 2.21. The Morgan fingerprint density at radius 1 is 1.38 bits per heavy atom. The fourth-order valence-electron chi connectivity index (χ4n) is 2.95. The first-order valence-corrected chi connectivity index (χ1v) is 7.35. The third-order valence-corrected chi connectivity index (χ3v) is 4.03. The van der Waals surface area contributed by atoms with Gasteiger partial charge in [0.15, 0.2) is 0 Å². The highest BCUT2D eigenvalue weighted by atomic mass is 19.1. The molecule has 0 radical (unpaired) electrons. The first kappa shape index (κ1) is 15.9. The van der Waals surface area contributed by atoms with Gasteiger partial charge in [0.25, 0.3) is 0 Å². The molecule has 1 aromatic carbocycles. The van der Waals surface area contributed by atoms with Crippen LogP contribution in [0.4, 0.5) is 4.39 Å². The lowest BCUT2D eigenvalue weighted by atomic mass is 9.96. The maximum Gasteiger partial charge on any atom is 0.338 e. The van der Waals surface area contributed by atoms with Crippen LogP contribution >= 0.6 is 0 Å². The van der Waals surface area contributed by atoms with Crippen molar-refractivity contribution in [3.05, 3.63) is 35.1 Å². The molecule has 1 aliphatic rings. The van der Waals surface area contributed by atoms with Gasteiger partial charge >= 0.3 is 5.97 Å². The number of likely N-dealkylation sites (tertiary alicyclic amines) is 1. The molecule has 21 heavy (non-hydrogen) atoms. The van der Waals surface area contributed by atoms with Gasteiger partial charge in [-0.25, -0.2) is 9.18 Å². The van der Waals surface area contributed by atoms with E-state index in [0.717, 1.165) is 32.5 Å². The minimum Gasteiger partial charge on any atom is -0.478 e. The Hall–Kier alpha value is -1.46. The lowest BCUT2D eigenvalue weighted by Crippen LogP contribution is -2.36. The summed E-state index contributed by atoms with van der Waals surface area (Å²) in [6.07, 6.45) is 2.22. The quantitative estimate of drug-likeness (QED) is 0.905. The predicted octanol–water partition coefficient (Wildman–Crippen LogP) is 2.30. The van der Waals surface area contributed by atoms with Crippen molar-refractivity contribution in [2.45, 2.75) is 19.4 Å². The van der Waals surface area contributed by atoms with Crippen molar-refractivity contribution in [1.82, 2.24) is 9.80 Å².